The van der Waals surface area contributed by atoms with E-state index in [1.165, 1.54) is 0 Å². The molecule has 0 radical (unpaired) electrons. The summed E-state index contributed by atoms with van der Waals surface area (Å²) in [5.74, 6) is 0.621. The summed E-state index contributed by atoms with van der Waals surface area (Å²) in [4.78, 5) is 12.0. The summed E-state index contributed by atoms with van der Waals surface area (Å²) in [5, 5.41) is 13.0. The topological polar surface area (TPSA) is 74.5 Å². The second-order valence-electron chi connectivity index (χ2n) is 5.98. The van der Waals surface area contributed by atoms with Crippen LogP contribution in [0.1, 0.15) is 31.4 Å². The van der Waals surface area contributed by atoms with Crippen LogP contribution >= 0.6 is 0 Å². The largest absolute Gasteiger partial charge is 0.484 e. The Bertz CT molecular complexity index is 760. The second kappa shape index (κ2) is 9.24. The fourth-order valence-electron chi connectivity index (χ4n) is 2.18. The molecule has 0 fully saturated rings. The Hall–Kier alpha value is -3.13. The molecule has 128 valence electrons. The van der Waals surface area contributed by atoms with Crippen LogP contribution in [0.25, 0.3) is 0 Å². The van der Waals surface area contributed by atoms with Gasteiger partial charge in [0.05, 0.1) is 17.3 Å². The Labute approximate surface area is 147 Å². The molecule has 1 amide bonds. The molecular weight excluding hydrogens is 314 g/mol. The van der Waals surface area contributed by atoms with Crippen LogP contribution in [-0.2, 0) is 4.79 Å². The molecule has 5 heteroatoms. The molecule has 2 aromatic carbocycles. The number of nitriles is 1. The van der Waals surface area contributed by atoms with Gasteiger partial charge in [0.25, 0.3) is 5.91 Å². The van der Waals surface area contributed by atoms with E-state index in [1.54, 1.807) is 24.3 Å². The van der Waals surface area contributed by atoms with E-state index in [9.17, 15) is 4.79 Å². The van der Waals surface area contributed by atoms with E-state index in [1.807, 2.05) is 36.4 Å². The molecule has 0 aliphatic rings. The summed E-state index contributed by atoms with van der Waals surface area (Å²) < 4.78 is 5.40. The molecule has 0 spiro atoms. The van der Waals surface area contributed by atoms with Crippen molar-refractivity contribution in [2.24, 2.45) is 11.0 Å². The zero-order chi connectivity index (χ0) is 18.1. The minimum atomic E-state index is -0.332. The maximum absolute atomic E-state index is 12.0. The van der Waals surface area contributed by atoms with Gasteiger partial charge in [0.1, 0.15) is 5.75 Å². The molecule has 0 bridgehead atoms. The number of hydrogen-bond acceptors (Lipinski definition) is 4. The lowest BCUT2D eigenvalue weighted by molar-refractivity contribution is -0.123. The van der Waals surface area contributed by atoms with Crippen molar-refractivity contribution in [2.75, 3.05) is 6.61 Å². The third-order valence-electron chi connectivity index (χ3n) is 3.38. The van der Waals surface area contributed by atoms with Gasteiger partial charge < -0.3 is 4.74 Å². The van der Waals surface area contributed by atoms with Crippen LogP contribution in [0.2, 0.25) is 0 Å². The van der Waals surface area contributed by atoms with E-state index in [2.05, 4.69) is 24.4 Å². The van der Waals surface area contributed by atoms with Crippen LogP contribution in [0.4, 0.5) is 0 Å². The van der Waals surface area contributed by atoms with Crippen molar-refractivity contribution in [3.63, 3.8) is 0 Å². The first-order valence-corrected chi connectivity index (χ1v) is 8.12. The Morgan fingerprint density at radius 1 is 1.16 bits per heavy atom. The minimum Gasteiger partial charge on any atom is -0.484 e. The Balaban J connectivity index is 1.94. The van der Waals surface area contributed by atoms with E-state index in [4.69, 9.17) is 10.00 Å². The van der Waals surface area contributed by atoms with Gasteiger partial charge in [-0.1, -0.05) is 44.2 Å². The lowest BCUT2D eigenvalue weighted by Crippen LogP contribution is -2.26. The van der Waals surface area contributed by atoms with Gasteiger partial charge in [-0.3, -0.25) is 4.79 Å². The van der Waals surface area contributed by atoms with Crippen molar-refractivity contribution in [1.29, 1.82) is 5.26 Å². The van der Waals surface area contributed by atoms with Crippen molar-refractivity contribution in [2.45, 2.75) is 20.3 Å². The van der Waals surface area contributed by atoms with Crippen molar-refractivity contribution in [3.05, 3.63) is 65.7 Å². The van der Waals surface area contributed by atoms with E-state index in [-0.39, 0.29) is 12.5 Å². The summed E-state index contributed by atoms with van der Waals surface area (Å²) in [6.45, 7) is 4.07. The Morgan fingerprint density at radius 2 is 1.84 bits per heavy atom. The van der Waals surface area contributed by atoms with Crippen LogP contribution in [0.3, 0.4) is 0 Å². The van der Waals surface area contributed by atoms with Gasteiger partial charge in [0, 0.05) is 0 Å². The average molecular weight is 335 g/mol. The maximum atomic E-state index is 12.0. The van der Waals surface area contributed by atoms with E-state index in [0.29, 0.717) is 17.2 Å². The summed E-state index contributed by atoms with van der Waals surface area (Å²) in [6, 6.07) is 18.4. The SMILES string of the molecule is CC(C)C/C(=N/NC(=O)COc1ccc(C#N)cc1)c1ccccc1. The summed E-state index contributed by atoms with van der Waals surface area (Å²) in [7, 11) is 0. The highest BCUT2D eigenvalue weighted by atomic mass is 16.5. The van der Waals surface area contributed by atoms with Crippen molar-refractivity contribution in [1.82, 2.24) is 5.43 Å². The predicted molar refractivity (Wildman–Crippen MR) is 97.2 cm³/mol. The fraction of sp³-hybridized carbons (Fsp3) is 0.250. The predicted octanol–water partition coefficient (Wildman–Crippen LogP) is 3.50. The maximum Gasteiger partial charge on any atom is 0.277 e. The molecule has 25 heavy (non-hydrogen) atoms. The first-order chi connectivity index (χ1) is 12.1. The number of hydrogen-bond donors (Lipinski definition) is 1. The monoisotopic (exact) mass is 335 g/mol. The van der Waals surface area contributed by atoms with Gasteiger partial charge in [-0.15, -0.1) is 0 Å². The number of rotatable bonds is 7. The van der Waals surface area contributed by atoms with Gasteiger partial charge >= 0.3 is 0 Å². The van der Waals surface area contributed by atoms with E-state index in [0.717, 1.165) is 17.7 Å². The van der Waals surface area contributed by atoms with Gasteiger partial charge in [0.15, 0.2) is 6.61 Å². The molecule has 0 heterocycles. The zero-order valence-corrected chi connectivity index (χ0v) is 14.4. The van der Waals surface area contributed by atoms with Crippen LogP contribution in [0.15, 0.2) is 59.7 Å². The van der Waals surface area contributed by atoms with Gasteiger partial charge in [0.2, 0.25) is 0 Å². The highest BCUT2D eigenvalue weighted by Gasteiger charge is 2.08. The third kappa shape index (κ3) is 6.11. The molecule has 0 atom stereocenters. The minimum absolute atomic E-state index is 0.140. The number of carbonyl (C=O) groups excluding carboxylic acids is 1. The lowest BCUT2D eigenvalue weighted by atomic mass is 10.0. The number of hydrazone groups is 1. The highest BCUT2D eigenvalue weighted by Crippen LogP contribution is 2.12. The molecular formula is C20H21N3O2. The highest BCUT2D eigenvalue weighted by molar-refractivity contribution is 6.01. The molecule has 0 unspecified atom stereocenters. The third-order valence-corrected chi connectivity index (χ3v) is 3.38. The molecule has 0 aliphatic carbocycles. The molecule has 2 aromatic rings. The lowest BCUT2D eigenvalue weighted by Gasteiger charge is -2.10. The number of carbonyl (C=O) groups is 1. The van der Waals surface area contributed by atoms with E-state index >= 15 is 0 Å². The first-order valence-electron chi connectivity index (χ1n) is 8.12. The summed E-state index contributed by atoms with van der Waals surface area (Å²) >= 11 is 0. The molecule has 0 saturated carbocycles. The number of nitrogens with zero attached hydrogens (tertiary/aromatic N) is 2. The van der Waals surface area contributed by atoms with Crippen LogP contribution in [-0.4, -0.2) is 18.2 Å². The first kappa shape index (κ1) is 18.2. The number of benzene rings is 2. The van der Waals surface area contributed by atoms with Gasteiger partial charge in [-0.2, -0.15) is 10.4 Å². The molecule has 1 N–H and O–H groups in total. The number of ether oxygens (including phenoxy) is 1. The smallest absolute Gasteiger partial charge is 0.277 e. The van der Waals surface area contributed by atoms with Crippen molar-refractivity contribution >= 4 is 11.6 Å². The summed E-state index contributed by atoms with van der Waals surface area (Å²) in [5.41, 5.74) is 4.92. The molecule has 0 saturated heterocycles. The standard InChI is InChI=1S/C20H21N3O2/c1-15(2)12-19(17-6-4-3-5-7-17)22-23-20(24)14-25-18-10-8-16(13-21)9-11-18/h3-11,15H,12,14H2,1-2H3,(H,23,24)/b22-19-. The second-order valence-corrected chi connectivity index (χ2v) is 5.98. The Kier molecular flexibility index (Phi) is 6.73. The normalized spacial score (nSPS) is 11.0. The van der Waals surface area contributed by atoms with Gasteiger partial charge in [-0.05, 0) is 42.2 Å². The van der Waals surface area contributed by atoms with Crippen molar-refractivity contribution in [3.8, 4) is 11.8 Å². The molecule has 0 aromatic heterocycles. The zero-order valence-electron chi connectivity index (χ0n) is 14.4. The fourth-order valence-corrected chi connectivity index (χ4v) is 2.18. The Morgan fingerprint density at radius 3 is 2.44 bits per heavy atom. The number of nitrogens with one attached hydrogen (secondary N) is 1. The van der Waals surface area contributed by atoms with E-state index < -0.39 is 0 Å². The molecule has 5 nitrogen and oxygen atoms in total. The van der Waals surface area contributed by atoms with Gasteiger partial charge in [-0.25, -0.2) is 5.43 Å². The molecule has 0 aliphatic heterocycles. The quantitative estimate of drug-likeness (QED) is 0.621. The van der Waals surface area contributed by atoms with Crippen LogP contribution in [0, 0.1) is 17.2 Å². The summed E-state index contributed by atoms with van der Waals surface area (Å²) in [6.07, 6.45) is 0.765. The average Bonchev–Trinajstić information content (AvgIpc) is 2.64. The van der Waals surface area contributed by atoms with Crippen LogP contribution in [0.5, 0.6) is 5.75 Å². The number of amides is 1. The van der Waals surface area contributed by atoms with Crippen LogP contribution < -0.4 is 10.2 Å². The van der Waals surface area contributed by atoms with Crippen molar-refractivity contribution < 1.29 is 9.53 Å². The molecule has 2 rings (SSSR count).